The Bertz CT molecular complexity index is 640. The third kappa shape index (κ3) is 2.57. The number of rotatable bonds is 1. The molecule has 1 N–H and O–H groups in total. The van der Waals surface area contributed by atoms with Crippen LogP contribution in [0.4, 0.5) is 19.0 Å². The molecular formula is C15H17F3N2. The zero-order valence-corrected chi connectivity index (χ0v) is 11.9. The van der Waals surface area contributed by atoms with Crippen LogP contribution in [0, 0.1) is 0 Å². The van der Waals surface area contributed by atoms with Gasteiger partial charge in [0.1, 0.15) is 5.82 Å². The number of halogens is 3. The van der Waals surface area contributed by atoms with Crippen molar-refractivity contribution in [3.05, 3.63) is 35.4 Å². The molecule has 0 spiro atoms. The van der Waals surface area contributed by atoms with Gasteiger partial charge in [-0.05, 0) is 17.5 Å². The molecule has 0 bridgehead atoms. The number of hydrogen-bond acceptors (Lipinski definition) is 2. The largest absolute Gasteiger partial charge is 0.418 e. The summed E-state index contributed by atoms with van der Waals surface area (Å²) in [6.45, 7) is 6.01. The van der Waals surface area contributed by atoms with E-state index in [4.69, 9.17) is 0 Å². The fourth-order valence-electron chi connectivity index (χ4n) is 2.19. The van der Waals surface area contributed by atoms with Gasteiger partial charge in [-0.15, -0.1) is 0 Å². The average molecular weight is 282 g/mol. The van der Waals surface area contributed by atoms with Crippen molar-refractivity contribution >= 4 is 16.7 Å². The number of aromatic nitrogens is 1. The van der Waals surface area contributed by atoms with E-state index in [9.17, 15) is 13.2 Å². The molecule has 0 saturated carbocycles. The minimum Gasteiger partial charge on any atom is -0.373 e. The Hall–Kier alpha value is -1.78. The van der Waals surface area contributed by atoms with Gasteiger partial charge in [-0.1, -0.05) is 32.9 Å². The summed E-state index contributed by atoms with van der Waals surface area (Å²) in [5, 5.41) is 3.40. The summed E-state index contributed by atoms with van der Waals surface area (Å²) in [7, 11) is 1.67. The van der Waals surface area contributed by atoms with E-state index in [0.717, 1.165) is 11.6 Å². The van der Waals surface area contributed by atoms with Crippen LogP contribution in [0.1, 0.15) is 31.9 Å². The van der Waals surface area contributed by atoms with Crippen LogP contribution < -0.4 is 5.32 Å². The highest BCUT2D eigenvalue weighted by atomic mass is 19.4. The van der Waals surface area contributed by atoms with E-state index < -0.39 is 11.7 Å². The molecule has 2 aromatic rings. The SMILES string of the molecule is CNc1nc2c(C(F)(F)F)cccc2cc1C(C)(C)C. The molecule has 0 saturated heterocycles. The lowest BCUT2D eigenvalue weighted by Crippen LogP contribution is -2.16. The van der Waals surface area contributed by atoms with Crippen molar-refractivity contribution < 1.29 is 13.2 Å². The quantitative estimate of drug-likeness (QED) is 0.827. The Morgan fingerprint density at radius 2 is 1.70 bits per heavy atom. The van der Waals surface area contributed by atoms with E-state index >= 15 is 0 Å². The fourth-order valence-corrected chi connectivity index (χ4v) is 2.19. The smallest absolute Gasteiger partial charge is 0.373 e. The zero-order valence-electron chi connectivity index (χ0n) is 11.9. The van der Waals surface area contributed by atoms with E-state index in [2.05, 4.69) is 10.3 Å². The van der Waals surface area contributed by atoms with Crippen LogP contribution in [0.5, 0.6) is 0 Å². The van der Waals surface area contributed by atoms with Gasteiger partial charge in [0.2, 0.25) is 0 Å². The molecule has 0 fully saturated rings. The number of para-hydroxylation sites is 1. The van der Waals surface area contributed by atoms with Gasteiger partial charge in [-0.2, -0.15) is 13.2 Å². The lowest BCUT2D eigenvalue weighted by Gasteiger charge is -2.23. The first-order chi connectivity index (χ1) is 9.14. The number of pyridine rings is 1. The third-order valence-corrected chi connectivity index (χ3v) is 3.20. The maximum atomic E-state index is 13.0. The minimum atomic E-state index is -4.40. The van der Waals surface area contributed by atoms with Crippen LogP contribution >= 0.6 is 0 Å². The number of nitrogens with zero attached hydrogens (tertiary/aromatic N) is 1. The number of hydrogen-bond donors (Lipinski definition) is 1. The molecule has 0 aliphatic heterocycles. The molecule has 1 aromatic carbocycles. The van der Waals surface area contributed by atoms with Crippen LogP contribution in [0.2, 0.25) is 0 Å². The summed E-state index contributed by atoms with van der Waals surface area (Å²) in [6, 6.07) is 5.92. The molecule has 1 heterocycles. The van der Waals surface area contributed by atoms with Gasteiger partial charge in [-0.3, -0.25) is 0 Å². The summed E-state index contributed by atoms with van der Waals surface area (Å²) in [5.41, 5.74) is -0.0236. The molecule has 0 radical (unpaired) electrons. The van der Waals surface area contributed by atoms with Crippen molar-refractivity contribution in [1.29, 1.82) is 0 Å². The van der Waals surface area contributed by atoms with Gasteiger partial charge < -0.3 is 5.32 Å². The molecule has 108 valence electrons. The van der Waals surface area contributed by atoms with E-state index in [1.165, 1.54) is 6.07 Å². The lowest BCUT2D eigenvalue weighted by molar-refractivity contribution is -0.136. The van der Waals surface area contributed by atoms with Gasteiger partial charge in [0.05, 0.1) is 11.1 Å². The monoisotopic (exact) mass is 282 g/mol. The topological polar surface area (TPSA) is 24.9 Å². The van der Waals surface area contributed by atoms with Gasteiger partial charge >= 0.3 is 6.18 Å². The molecular weight excluding hydrogens is 265 g/mol. The zero-order chi connectivity index (χ0) is 15.1. The third-order valence-electron chi connectivity index (χ3n) is 3.20. The summed E-state index contributed by atoms with van der Waals surface area (Å²) < 4.78 is 39.1. The van der Waals surface area contributed by atoms with Crippen molar-refractivity contribution in [2.24, 2.45) is 0 Å². The molecule has 20 heavy (non-hydrogen) atoms. The highest BCUT2D eigenvalue weighted by Gasteiger charge is 2.33. The molecule has 2 nitrogen and oxygen atoms in total. The summed E-state index contributed by atoms with van der Waals surface area (Å²) in [5.74, 6) is 0.488. The first kappa shape index (κ1) is 14.6. The molecule has 0 unspecified atom stereocenters. The van der Waals surface area contributed by atoms with E-state index in [0.29, 0.717) is 11.2 Å². The van der Waals surface area contributed by atoms with Crippen LogP contribution in [-0.2, 0) is 11.6 Å². The molecule has 0 atom stereocenters. The predicted molar refractivity (Wildman–Crippen MR) is 75.0 cm³/mol. The Morgan fingerprint density at radius 3 is 2.20 bits per heavy atom. The molecule has 0 amide bonds. The summed E-state index contributed by atoms with van der Waals surface area (Å²) >= 11 is 0. The van der Waals surface area contributed by atoms with Gasteiger partial charge in [-0.25, -0.2) is 4.98 Å². The van der Waals surface area contributed by atoms with Gasteiger partial charge in [0.25, 0.3) is 0 Å². The molecule has 0 aliphatic carbocycles. The maximum Gasteiger partial charge on any atom is 0.418 e. The van der Waals surface area contributed by atoms with Crippen molar-refractivity contribution in [1.82, 2.24) is 4.98 Å². The number of fused-ring (bicyclic) bond motifs is 1. The Labute approximate surface area is 116 Å². The van der Waals surface area contributed by atoms with E-state index in [1.54, 1.807) is 19.2 Å². The second-order valence-electron chi connectivity index (χ2n) is 5.76. The van der Waals surface area contributed by atoms with Crippen molar-refractivity contribution in [2.45, 2.75) is 32.4 Å². The van der Waals surface area contributed by atoms with Crippen LogP contribution in [-0.4, -0.2) is 12.0 Å². The second-order valence-corrected chi connectivity index (χ2v) is 5.76. The molecule has 2 rings (SSSR count). The van der Waals surface area contributed by atoms with Crippen molar-refractivity contribution in [3.63, 3.8) is 0 Å². The fraction of sp³-hybridized carbons (Fsp3) is 0.400. The Balaban J connectivity index is 2.81. The highest BCUT2D eigenvalue weighted by Crippen LogP contribution is 2.37. The molecule has 0 aliphatic rings. The first-order valence-electron chi connectivity index (χ1n) is 6.34. The lowest BCUT2D eigenvalue weighted by atomic mass is 9.86. The number of anilines is 1. The maximum absolute atomic E-state index is 13.0. The highest BCUT2D eigenvalue weighted by molar-refractivity contribution is 5.85. The van der Waals surface area contributed by atoms with Crippen molar-refractivity contribution in [3.8, 4) is 0 Å². The number of benzene rings is 1. The Morgan fingerprint density at radius 1 is 1.05 bits per heavy atom. The molecule has 1 aromatic heterocycles. The average Bonchev–Trinajstić information content (AvgIpc) is 2.34. The summed E-state index contributed by atoms with van der Waals surface area (Å²) in [6.07, 6.45) is -4.40. The van der Waals surface area contributed by atoms with Crippen LogP contribution in [0.25, 0.3) is 10.9 Å². The molecule has 5 heteroatoms. The van der Waals surface area contributed by atoms with E-state index in [1.807, 2.05) is 20.8 Å². The van der Waals surface area contributed by atoms with Crippen molar-refractivity contribution in [2.75, 3.05) is 12.4 Å². The summed E-state index contributed by atoms with van der Waals surface area (Å²) in [4.78, 5) is 4.20. The number of alkyl halides is 3. The number of nitrogens with one attached hydrogen (secondary N) is 1. The normalized spacial score (nSPS) is 12.8. The Kier molecular flexibility index (Phi) is 3.40. The second kappa shape index (κ2) is 4.65. The predicted octanol–water partition coefficient (Wildman–Crippen LogP) is 4.59. The van der Waals surface area contributed by atoms with Crippen LogP contribution in [0.3, 0.4) is 0 Å². The standard InChI is InChI=1S/C15H17F3N2/c1-14(2,3)11-8-9-6-5-7-10(15(16,17)18)12(9)20-13(11)19-4/h5-8H,1-4H3,(H,19,20). The minimum absolute atomic E-state index is 0.0163. The van der Waals surface area contributed by atoms with Crippen LogP contribution in [0.15, 0.2) is 24.3 Å². The first-order valence-corrected chi connectivity index (χ1v) is 6.34. The van der Waals surface area contributed by atoms with E-state index in [-0.39, 0.29) is 10.9 Å². The van der Waals surface area contributed by atoms with Gasteiger partial charge in [0.15, 0.2) is 0 Å². The van der Waals surface area contributed by atoms with Gasteiger partial charge in [0, 0.05) is 18.0 Å².